The van der Waals surface area contributed by atoms with E-state index in [1.807, 2.05) is 43.3 Å². The van der Waals surface area contributed by atoms with E-state index in [9.17, 15) is 9.59 Å². The van der Waals surface area contributed by atoms with Crippen molar-refractivity contribution in [3.8, 4) is 0 Å². The molecule has 0 spiro atoms. The molecule has 0 saturated heterocycles. The van der Waals surface area contributed by atoms with Crippen molar-refractivity contribution >= 4 is 28.2 Å². The molecule has 26 heavy (non-hydrogen) atoms. The van der Waals surface area contributed by atoms with E-state index in [0.29, 0.717) is 11.3 Å². The Hall–Kier alpha value is -3.08. The van der Waals surface area contributed by atoms with Crippen LogP contribution in [0.4, 0.5) is 11.4 Å². The molecule has 0 aliphatic rings. The lowest BCUT2D eigenvalue weighted by Crippen LogP contribution is -2.13. The lowest BCUT2D eigenvalue weighted by molar-refractivity contribution is 0.102. The first kappa shape index (κ1) is 17.7. The van der Waals surface area contributed by atoms with Crippen molar-refractivity contribution in [3.63, 3.8) is 0 Å². The zero-order valence-electron chi connectivity index (χ0n) is 15.5. The zero-order chi connectivity index (χ0) is 18.8. The number of fused-ring (bicyclic) bond motifs is 1. The molecular formula is C21H23N3O2. The van der Waals surface area contributed by atoms with E-state index in [4.69, 9.17) is 0 Å². The van der Waals surface area contributed by atoms with Crippen LogP contribution in [0.1, 0.15) is 35.7 Å². The Kier molecular flexibility index (Phi) is 4.80. The quantitative estimate of drug-likeness (QED) is 0.749. The van der Waals surface area contributed by atoms with Gasteiger partial charge in [-0.3, -0.25) is 9.59 Å². The number of rotatable bonds is 4. The van der Waals surface area contributed by atoms with Gasteiger partial charge in [0.1, 0.15) is 0 Å². The Morgan fingerprint density at radius 2 is 1.73 bits per heavy atom. The van der Waals surface area contributed by atoms with E-state index >= 15 is 0 Å². The maximum absolute atomic E-state index is 12.5. The third-order valence-electron chi connectivity index (χ3n) is 4.40. The number of aromatic nitrogens is 1. The number of nitrogens with zero attached hydrogens (tertiary/aromatic N) is 1. The van der Waals surface area contributed by atoms with Crippen LogP contribution in [0.2, 0.25) is 0 Å². The Balaban J connectivity index is 1.89. The van der Waals surface area contributed by atoms with Crippen LogP contribution in [-0.4, -0.2) is 25.0 Å². The van der Waals surface area contributed by atoms with Gasteiger partial charge < -0.3 is 15.2 Å². The molecule has 0 aliphatic carbocycles. The molecule has 1 aromatic heterocycles. The summed E-state index contributed by atoms with van der Waals surface area (Å²) in [5, 5.41) is 3.89. The van der Waals surface area contributed by atoms with Gasteiger partial charge in [0.05, 0.1) is 5.52 Å². The summed E-state index contributed by atoms with van der Waals surface area (Å²) in [6, 6.07) is 14.6. The van der Waals surface area contributed by atoms with Gasteiger partial charge in [-0.25, -0.2) is 0 Å². The Bertz CT molecular complexity index is 1000. The number of hydrogen-bond donors (Lipinski definition) is 2. The fourth-order valence-electron chi connectivity index (χ4n) is 2.96. The summed E-state index contributed by atoms with van der Waals surface area (Å²) in [5.41, 5.74) is 3.86. The first-order valence-corrected chi connectivity index (χ1v) is 8.61. The third kappa shape index (κ3) is 3.61. The average molecular weight is 349 g/mol. The second-order valence-electron chi connectivity index (χ2n) is 6.90. The average Bonchev–Trinajstić information content (AvgIpc) is 2.60. The summed E-state index contributed by atoms with van der Waals surface area (Å²) in [5.74, 6) is 0.0625. The minimum Gasteiger partial charge on any atom is -0.378 e. The van der Waals surface area contributed by atoms with Gasteiger partial charge in [0.15, 0.2) is 0 Å². The maximum atomic E-state index is 12.5. The molecule has 0 unspecified atom stereocenters. The van der Waals surface area contributed by atoms with Gasteiger partial charge in [-0.1, -0.05) is 19.9 Å². The van der Waals surface area contributed by atoms with E-state index in [1.54, 1.807) is 24.3 Å². The first-order valence-electron chi connectivity index (χ1n) is 8.61. The first-order chi connectivity index (χ1) is 12.3. The van der Waals surface area contributed by atoms with Gasteiger partial charge >= 0.3 is 0 Å². The second kappa shape index (κ2) is 7.04. The fraction of sp³-hybridized carbons (Fsp3) is 0.238. The standard InChI is InChI=1S/C21H23N3O2/c1-13(2)18-12-20(25)23-19-11-15(7-10-17(18)19)22-21(26)14-5-8-16(9-6-14)24(3)4/h5-13H,1-4H3,(H,22,26)(H,23,25). The molecule has 0 saturated carbocycles. The number of nitrogens with one attached hydrogen (secondary N) is 2. The number of hydrogen-bond acceptors (Lipinski definition) is 3. The summed E-state index contributed by atoms with van der Waals surface area (Å²) in [6.45, 7) is 4.11. The lowest BCUT2D eigenvalue weighted by atomic mass is 9.99. The highest BCUT2D eigenvalue weighted by atomic mass is 16.1. The highest BCUT2D eigenvalue weighted by Crippen LogP contribution is 2.25. The van der Waals surface area contributed by atoms with Crippen LogP contribution in [0.15, 0.2) is 53.3 Å². The van der Waals surface area contributed by atoms with Crippen LogP contribution < -0.4 is 15.8 Å². The molecule has 2 aromatic carbocycles. The third-order valence-corrected chi connectivity index (χ3v) is 4.40. The van der Waals surface area contributed by atoms with Crippen LogP contribution in [0.3, 0.4) is 0 Å². The lowest BCUT2D eigenvalue weighted by Gasteiger charge is -2.13. The largest absolute Gasteiger partial charge is 0.378 e. The van der Waals surface area contributed by atoms with Crippen LogP contribution in [0, 0.1) is 0 Å². The van der Waals surface area contributed by atoms with Gasteiger partial charge in [-0.2, -0.15) is 0 Å². The Morgan fingerprint density at radius 3 is 2.35 bits per heavy atom. The molecule has 5 heteroatoms. The smallest absolute Gasteiger partial charge is 0.255 e. The number of anilines is 2. The molecule has 0 atom stereocenters. The molecule has 3 aromatic rings. The SMILES string of the molecule is CC(C)c1cc(=O)[nH]c2cc(NC(=O)c3ccc(N(C)C)cc3)ccc12. The van der Waals surface area contributed by atoms with Crippen LogP contribution in [-0.2, 0) is 0 Å². The van der Waals surface area contributed by atoms with Crippen molar-refractivity contribution < 1.29 is 4.79 Å². The number of aromatic amines is 1. The maximum Gasteiger partial charge on any atom is 0.255 e. The van der Waals surface area contributed by atoms with E-state index < -0.39 is 0 Å². The van der Waals surface area contributed by atoms with Crippen molar-refractivity contribution in [3.05, 3.63) is 70.0 Å². The molecule has 134 valence electrons. The van der Waals surface area contributed by atoms with Crippen molar-refractivity contribution in [2.24, 2.45) is 0 Å². The molecular weight excluding hydrogens is 326 g/mol. The van der Waals surface area contributed by atoms with E-state index in [0.717, 1.165) is 22.2 Å². The Morgan fingerprint density at radius 1 is 1.04 bits per heavy atom. The molecule has 0 fully saturated rings. The predicted octanol–water partition coefficient (Wildman–Crippen LogP) is 3.97. The van der Waals surface area contributed by atoms with E-state index in [-0.39, 0.29) is 17.4 Å². The summed E-state index contributed by atoms with van der Waals surface area (Å²) in [7, 11) is 3.91. The minimum atomic E-state index is -0.183. The second-order valence-corrected chi connectivity index (χ2v) is 6.90. The van der Waals surface area contributed by atoms with Gasteiger partial charge in [0, 0.05) is 42.5 Å². The predicted molar refractivity (Wildman–Crippen MR) is 107 cm³/mol. The van der Waals surface area contributed by atoms with Crippen molar-refractivity contribution in [1.29, 1.82) is 0 Å². The van der Waals surface area contributed by atoms with Gasteiger partial charge in [0.25, 0.3) is 5.91 Å². The van der Waals surface area contributed by atoms with Gasteiger partial charge in [-0.05, 0) is 47.9 Å². The molecule has 1 amide bonds. The fourth-order valence-corrected chi connectivity index (χ4v) is 2.96. The number of amides is 1. The van der Waals surface area contributed by atoms with E-state index in [2.05, 4.69) is 24.1 Å². The van der Waals surface area contributed by atoms with E-state index in [1.165, 1.54) is 0 Å². The monoisotopic (exact) mass is 349 g/mol. The number of benzene rings is 2. The molecule has 3 rings (SSSR count). The number of carbonyl (C=O) groups excluding carboxylic acids is 1. The highest BCUT2D eigenvalue weighted by molar-refractivity contribution is 6.05. The molecule has 5 nitrogen and oxygen atoms in total. The van der Waals surface area contributed by atoms with Gasteiger partial charge in [0.2, 0.25) is 5.56 Å². The van der Waals surface area contributed by atoms with Gasteiger partial charge in [-0.15, -0.1) is 0 Å². The number of pyridine rings is 1. The number of carbonyl (C=O) groups is 1. The Labute approximate surface area is 152 Å². The van der Waals surface area contributed by atoms with Crippen molar-refractivity contribution in [2.75, 3.05) is 24.3 Å². The zero-order valence-corrected chi connectivity index (χ0v) is 15.5. The highest BCUT2D eigenvalue weighted by Gasteiger charge is 2.10. The molecule has 0 aliphatic heterocycles. The van der Waals surface area contributed by atoms with Crippen LogP contribution >= 0.6 is 0 Å². The summed E-state index contributed by atoms with van der Waals surface area (Å²) in [4.78, 5) is 29.2. The summed E-state index contributed by atoms with van der Waals surface area (Å²) in [6.07, 6.45) is 0. The summed E-state index contributed by atoms with van der Waals surface area (Å²) >= 11 is 0. The molecule has 2 N–H and O–H groups in total. The topological polar surface area (TPSA) is 65.2 Å². The normalized spacial score (nSPS) is 11.0. The molecule has 1 heterocycles. The van der Waals surface area contributed by atoms with Crippen LogP contribution in [0.25, 0.3) is 10.9 Å². The minimum absolute atomic E-state index is 0.135. The van der Waals surface area contributed by atoms with Crippen molar-refractivity contribution in [1.82, 2.24) is 4.98 Å². The molecule has 0 radical (unpaired) electrons. The van der Waals surface area contributed by atoms with Crippen LogP contribution in [0.5, 0.6) is 0 Å². The van der Waals surface area contributed by atoms with Crippen molar-refractivity contribution in [2.45, 2.75) is 19.8 Å². The summed E-state index contributed by atoms with van der Waals surface area (Å²) < 4.78 is 0. The molecule has 0 bridgehead atoms. The number of H-pyrrole nitrogens is 1.